The zero-order valence-electron chi connectivity index (χ0n) is 25.8. The summed E-state index contributed by atoms with van der Waals surface area (Å²) >= 11 is 0. The van der Waals surface area contributed by atoms with E-state index in [0.717, 1.165) is 37.7 Å². The highest BCUT2D eigenvalue weighted by Gasteiger charge is 2.24. The van der Waals surface area contributed by atoms with E-state index < -0.39 is 11.6 Å². The van der Waals surface area contributed by atoms with Crippen LogP contribution in [0, 0.1) is 17.5 Å². The van der Waals surface area contributed by atoms with Gasteiger partial charge in [-0.2, -0.15) is 4.39 Å². The molecule has 43 heavy (non-hydrogen) atoms. The van der Waals surface area contributed by atoms with Gasteiger partial charge in [-0.05, 0) is 54.2 Å². The second kappa shape index (κ2) is 17.5. The van der Waals surface area contributed by atoms with Crippen molar-refractivity contribution in [1.82, 2.24) is 0 Å². The Bertz CT molecular complexity index is 1250. The molecule has 1 aliphatic heterocycles. The summed E-state index contributed by atoms with van der Waals surface area (Å²) in [5.74, 6) is -2.35. The van der Waals surface area contributed by atoms with Gasteiger partial charge in [0.25, 0.3) is 0 Å². The molecule has 0 saturated carbocycles. The van der Waals surface area contributed by atoms with E-state index in [4.69, 9.17) is 14.2 Å². The van der Waals surface area contributed by atoms with Crippen LogP contribution in [0.2, 0.25) is 0 Å². The first-order valence-corrected chi connectivity index (χ1v) is 16.3. The Kier molecular flexibility index (Phi) is 13.4. The summed E-state index contributed by atoms with van der Waals surface area (Å²) in [6, 6.07) is 15.0. The van der Waals surface area contributed by atoms with E-state index >= 15 is 4.39 Å². The van der Waals surface area contributed by atoms with E-state index in [0.29, 0.717) is 36.5 Å². The van der Waals surface area contributed by atoms with Crippen LogP contribution in [0.15, 0.2) is 54.6 Å². The molecule has 3 nitrogen and oxygen atoms in total. The normalized spacial score (nSPS) is 16.9. The first-order valence-electron chi connectivity index (χ1n) is 16.3. The monoisotopic (exact) mass is 596 g/mol. The smallest absolute Gasteiger partial charge is 0.201 e. The molecule has 1 heterocycles. The van der Waals surface area contributed by atoms with Gasteiger partial charge >= 0.3 is 0 Å². The predicted molar refractivity (Wildman–Crippen MR) is 168 cm³/mol. The van der Waals surface area contributed by atoms with Gasteiger partial charge in [-0.25, -0.2) is 8.78 Å². The first kappa shape index (κ1) is 33.1. The number of hydrogen-bond donors (Lipinski definition) is 0. The van der Waals surface area contributed by atoms with E-state index in [2.05, 4.69) is 13.8 Å². The highest BCUT2D eigenvalue weighted by Crippen LogP contribution is 2.33. The fourth-order valence-electron chi connectivity index (χ4n) is 5.60. The number of hydrogen-bond acceptors (Lipinski definition) is 3. The van der Waals surface area contributed by atoms with Crippen LogP contribution in [0.1, 0.15) is 102 Å². The summed E-state index contributed by atoms with van der Waals surface area (Å²) in [5.41, 5.74) is 2.60. The van der Waals surface area contributed by atoms with Crippen molar-refractivity contribution in [3.05, 3.63) is 77.6 Å². The Morgan fingerprint density at radius 2 is 1.23 bits per heavy atom. The topological polar surface area (TPSA) is 27.7 Å². The van der Waals surface area contributed by atoms with Gasteiger partial charge in [0.1, 0.15) is 5.82 Å². The van der Waals surface area contributed by atoms with Crippen molar-refractivity contribution in [2.24, 2.45) is 0 Å². The summed E-state index contributed by atoms with van der Waals surface area (Å²) in [6.45, 7) is 5.77. The summed E-state index contributed by atoms with van der Waals surface area (Å²) in [7, 11) is 0. The lowest BCUT2D eigenvalue weighted by atomic mass is 9.95. The van der Waals surface area contributed by atoms with Gasteiger partial charge in [0.15, 0.2) is 17.9 Å². The number of halogens is 3. The molecule has 0 spiro atoms. The van der Waals surface area contributed by atoms with Crippen LogP contribution in [0.3, 0.4) is 0 Å². The van der Waals surface area contributed by atoms with E-state index in [-0.39, 0.29) is 29.3 Å². The summed E-state index contributed by atoms with van der Waals surface area (Å²) in [4.78, 5) is 0. The van der Waals surface area contributed by atoms with Crippen molar-refractivity contribution in [3.8, 4) is 28.0 Å². The minimum absolute atomic E-state index is 0.0158. The lowest BCUT2D eigenvalue weighted by Crippen LogP contribution is -2.30. The Morgan fingerprint density at radius 1 is 0.651 bits per heavy atom. The molecule has 4 rings (SSSR count). The highest BCUT2D eigenvalue weighted by molar-refractivity contribution is 5.71. The lowest BCUT2D eigenvalue weighted by molar-refractivity contribution is -0.190. The summed E-state index contributed by atoms with van der Waals surface area (Å²) < 4.78 is 62.3. The zero-order chi connectivity index (χ0) is 30.4. The minimum Gasteiger partial charge on any atom is -0.490 e. The van der Waals surface area contributed by atoms with E-state index in [9.17, 15) is 8.78 Å². The third kappa shape index (κ3) is 9.58. The Hall–Kier alpha value is -2.83. The van der Waals surface area contributed by atoms with Crippen molar-refractivity contribution in [2.45, 2.75) is 103 Å². The summed E-state index contributed by atoms with van der Waals surface area (Å²) in [6.07, 6.45) is 13.3. The number of ether oxygens (including phenoxy) is 3. The molecule has 234 valence electrons. The molecule has 1 fully saturated rings. The van der Waals surface area contributed by atoms with Gasteiger partial charge in [-0.1, -0.05) is 108 Å². The van der Waals surface area contributed by atoms with Crippen molar-refractivity contribution < 1.29 is 27.4 Å². The fourth-order valence-corrected chi connectivity index (χ4v) is 5.60. The first-order chi connectivity index (χ1) is 21.0. The molecule has 0 aliphatic carbocycles. The molecule has 0 bridgehead atoms. The SMILES string of the molecule is CCCCCCCCOc1ccc(-c2ccc(-c3ccc(C4COC(CCCCCCC)OC4)cc3F)cc2)c(F)c1F. The van der Waals surface area contributed by atoms with Crippen LogP contribution < -0.4 is 4.74 Å². The van der Waals surface area contributed by atoms with Gasteiger partial charge in [0.2, 0.25) is 5.82 Å². The second-order valence-electron chi connectivity index (χ2n) is 11.7. The van der Waals surface area contributed by atoms with E-state index in [1.807, 2.05) is 6.07 Å². The average molecular weight is 597 g/mol. The molecule has 0 amide bonds. The molecule has 3 aromatic rings. The molecular weight excluding hydrogens is 549 g/mol. The maximum atomic E-state index is 15.2. The van der Waals surface area contributed by atoms with Gasteiger partial charge in [-0.15, -0.1) is 0 Å². The third-order valence-corrected chi connectivity index (χ3v) is 8.28. The molecule has 1 saturated heterocycles. The van der Waals surface area contributed by atoms with E-state index in [1.165, 1.54) is 57.1 Å². The van der Waals surface area contributed by atoms with Crippen LogP contribution in [-0.2, 0) is 9.47 Å². The van der Waals surface area contributed by atoms with Crippen LogP contribution >= 0.6 is 0 Å². The van der Waals surface area contributed by atoms with E-state index in [1.54, 1.807) is 36.4 Å². The lowest BCUT2D eigenvalue weighted by Gasteiger charge is -2.30. The largest absolute Gasteiger partial charge is 0.490 e. The Labute approximate surface area is 255 Å². The van der Waals surface area contributed by atoms with Crippen molar-refractivity contribution >= 4 is 0 Å². The molecule has 3 aromatic carbocycles. The Morgan fingerprint density at radius 3 is 1.88 bits per heavy atom. The minimum atomic E-state index is -0.983. The molecule has 0 N–H and O–H groups in total. The predicted octanol–water partition coefficient (Wildman–Crippen LogP) is 11.0. The number of unbranched alkanes of at least 4 members (excludes halogenated alkanes) is 9. The van der Waals surface area contributed by atoms with Gasteiger partial charge in [0.05, 0.1) is 19.8 Å². The van der Waals surface area contributed by atoms with Crippen LogP contribution in [0.4, 0.5) is 13.2 Å². The molecule has 1 aliphatic rings. The molecule has 0 aromatic heterocycles. The average Bonchev–Trinajstić information content (AvgIpc) is 3.03. The van der Waals surface area contributed by atoms with Gasteiger partial charge in [0, 0.05) is 17.0 Å². The molecule has 6 heteroatoms. The fraction of sp³-hybridized carbons (Fsp3) is 0.514. The van der Waals surface area contributed by atoms with Gasteiger partial charge in [-0.3, -0.25) is 0 Å². The van der Waals surface area contributed by atoms with Crippen molar-refractivity contribution in [1.29, 1.82) is 0 Å². The molecule has 0 radical (unpaired) electrons. The zero-order valence-corrected chi connectivity index (χ0v) is 25.8. The van der Waals surface area contributed by atoms with Crippen LogP contribution in [-0.4, -0.2) is 26.1 Å². The third-order valence-electron chi connectivity index (χ3n) is 8.28. The summed E-state index contributed by atoms with van der Waals surface area (Å²) in [5, 5.41) is 0. The second-order valence-corrected chi connectivity index (χ2v) is 11.7. The molecule has 0 unspecified atom stereocenters. The maximum Gasteiger partial charge on any atom is 0.201 e. The van der Waals surface area contributed by atoms with Crippen LogP contribution in [0.5, 0.6) is 5.75 Å². The Balaban J connectivity index is 1.31. The number of rotatable bonds is 17. The molecular formula is C37H47F3O3. The van der Waals surface area contributed by atoms with Crippen molar-refractivity contribution in [2.75, 3.05) is 19.8 Å². The van der Waals surface area contributed by atoms with Gasteiger partial charge < -0.3 is 14.2 Å². The highest BCUT2D eigenvalue weighted by atomic mass is 19.2. The van der Waals surface area contributed by atoms with Crippen molar-refractivity contribution in [3.63, 3.8) is 0 Å². The standard InChI is InChI=1S/C37H47F3O3/c1-3-5-7-9-11-13-23-41-34-22-21-32(36(39)37(34)40)28-17-15-27(16-18-28)31-20-19-29(24-33(31)38)30-25-42-35(43-26-30)14-12-10-8-6-4-2/h15-22,24,30,35H,3-14,23,25-26H2,1-2H3. The molecule has 0 atom stereocenters. The quantitative estimate of drug-likeness (QED) is 0.145. The van der Waals surface area contributed by atoms with Crippen LogP contribution in [0.25, 0.3) is 22.3 Å². The number of benzene rings is 3. The maximum absolute atomic E-state index is 15.2.